The summed E-state index contributed by atoms with van der Waals surface area (Å²) in [5.74, 6) is 1.22. The van der Waals surface area contributed by atoms with Crippen LogP contribution >= 0.6 is 34.8 Å². The monoisotopic (exact) mass is 421 g/mol. The number of halogens is 3. The number of rotatable bonds is 7. The fourth-order valence-electron chi connectivity index (χ4n) is 2.49. The Morgan fingerprint density at radius 3 is 2.07 bits per heavy atom. The Hall–Kier alpha value is -2.07. The van der Waals surface area contributed by atoms with E-state index in [-0.39, 0.29) is 0 Å². The van der Waals surface area contributed by atoms with Gasteiger partial charge in [-0.1, -0.05) is 46.9 Å². The molecule has 140 valence electrons. The van der Waals surface area contributed by atoms with Crippen molar-refractivity contribution < 1.29 is 9.47 Å². The molecule has 27 heavy (non-hydrogen) atoms. The van der Waals surface area contributed by atoms with Gasteiger partial charge in [0.25, 0.3) is 0 Å². The Balaban J connectivity index is 1.70. The van der Waals surface area contributed by atoms with Crippen molar-refractivity contribution in [2.45, 2.75) is 13.2 Å². The number of hydrogen-bond acceptors (Lipinski definition) is 3. The second-order valence-corrected chi connectivity index (χ2v) is 7.15. The summed E-state index contributed by atoms with van der Waals surface area (Å²) in [5.41, 5.74) is 2.87. The van der Waals surface area contributed by atoms with E-state index in [1.54, 1.807) is 13.2 Å². The van der Waals surface area contributed by atoms with Gasteiger partial charge in [0.15, 0.2) is 11.5 Å². The van der Waals surface area contributed by atoms with Crippen LogP contribution in [-0.2, 0) is 13.2 Å². The van der Waals surface area contributed by atoms with E-state index >= 15 is 0 Å². The average molecular weight is 423 g/mol. The molecular weight excluding hydrogens is 405 g/mol. The molecule has 0 fully saturated rings. The summed E-state index contributed by atoms with van der Waals surface area (Å²) < 4.78 is 11.3. The van der Waals surface area contributed by atoms with E-state index < -0.39 is 0 Å². The lowest BCUT2D eigenvalue weighted by atomic mass is 10.2. The molecule has 0 saturated heterocycles. The second-order valence-electron chi connectivity index (χ2n) is 5.87. The molecule has 3 nitrogen and oxygen atoms in total. The van der Waals surface area contributed by atoms with Crippen molar-refractivity contribution in [3.8, 4) is 11.5 Å². The van der Waals surface area contributed by atoms with Gasteiger partial charge in [-0.05, 0) is 53.6 Å². The van der Waals surface area contributed by atoms with Crippen LogP contribution in [0.1, 0.15) is 11.1 Å². The van der Waals surface area contributed by atoms with Crippen LogP contribution in [0.3, 0.4) is 0 Å². The minimum atomic E-state index is 0.395. The minimum Gasteiger partial charge on any atom is -0.493 e. The topological polar surface area (TPSA) is 30.5 Å². The van der Waals surface area contributed by atoms with E-state index in [2.05, 4.69) is 5.32 Å². The van der Waals surface area contributed by atoms with Crippen molar-refractivity contribution in [3.63, 3.8) is 0 Å². The SMILES string of the molecule is COc1cc(CNc2ccc(Cl)cc2)c(Cl)cc1OCc1ccc(Cl)cc1. The molecule has 3 aromatic carbocycles. The Morgan fingerprint density at radius 1 is 0.815 bits per heavy atom. The highest BCUT2D eigenvalue weighted by Crippen LogP contribution is 2.34. The van der Waals surface area contributed by atoms with Crippen molar-refractivity contribution in [3.05, 3.63) is 86.9 Å². The van der Waals surface area contributed by atoms with Gasteiger partial charge in [0.05, 0.1) is 7.11 Å². The Kier molecular flexibility index (Phi) is 6.73. The number of methoxy groups -OCH3 is 1. The summed E-state index contributed by atoms with van der Waals surface area (Å²) in [4.78, 5) is 0. The lowest BCUT2D eigenvalue weighted by Gasteiger charge is -2.15. The lowest BCUT2D eigenvalue weighted by Crippen LogP contribution is -2.03. The van der Waals surface area contributed by atoms with Gasteiger partial charge >= 0.3 is 0 Å². The first-order valence-corrected chi connectivity index (χ1v) is 9.41. The zero-order valence-electron chi connectivity index (χ0n) is 14.6. The fraction of sp³-hybridized carbons (Fsp3) is 0.143. The molecule has 0 aliphatic heterocycles. The Labute approximate surface area is 173 Å². The van der Waals surface area contributed by atoms with Crippen LogP contribution in [0.4, 0.5) is 5.69 Å². The number of ether oxygens (including phenoxy) is 2. The number of nitrogens with one attached hydrogen (secondary N) is 1. The smallest absolute Gasteiger partial charge is 0.163 e. The van der Waals surface area contributed by atoms with Gasteiger partial charge in [-0.15, -0.1) is 0 Å². The molecule has 0 atom stereocenters. The quantitative estimate of drug-likeness (QED) is 0.452. The number of anilines is 1. The molecule has 0 heterocycles. The summed E-state index contributed by atoms with van der Waals surface area (Å²) in [6.45, 7) is 0.945. The highest BCUT2D eigenvalue weighted by Gasteiger charge is 2.11. The molecule has 0 amide bonds. The van der Waals surface area contributed by atoms with Crippen molar-refractivity contribution in [2.75, 3.05) is 12.4 Å². The first-order valence-electron chi connectivity index (χ1n) is 8.28. The molecule has 0 aliphatic carbocycles. The zero-order chi connectivity index (χ0) is 19.2. The van der Waals surface area contributed by atoms with Crippen LogP contribution in [0.15, 0.2) is 60.7 Å². The van der Waals surface area contributed by atoms with Gasteiger partial charge in [-0.25, -0.2) is 0 Å². The summed E-state index contributed by atoms with van der Waals surface area (Å²) in [6.07, 6.45) is 0. The van der Waals surface area contributed by atoms with Crippen molar-refractivity contribution in [1.82, 2.24) is 0 Å². The lowest BCUT2D eigenvalue weighted by molar-refractivity contribution is 0.284. The maximum Gasteiger partial charge on any atom is 0.163 e. The second kappa shape index (κ2) is 9.23. The van der Waals surface area contributed by atoms with Gasteiger partial charge < -0.3 is 14.8 Å². The normalized spacial score (nSPS) is 10.5. The van der Waals surface area contributed by atoms with Crippen LogP contribution < -0.4 is 14.8 Å². The molecular formula is C21H18Cl3NO2. The highest BCUT2D eigenvalue weighted by atomic mass is 35.5. The third kappa shape index (κ3) is 5.46. The van der Waals surface area contributed by atoms with Crippen molar-refractivity contribution >= 4 is 40.5 Å². The van der Waals surface area contributed by atoms with E-state index in [0.29, 0.717) is 39.7 Å². The fourth-order valence-corrected chi connectivity index (χ4v) is 2.96. The van der Waals surface area contributed by atoms with E-state index in [0.717, 1.165) is 16.8 Å². The van der Waals surface area contributed by atoms with Gasteiger partial charge in [0, 0.05) is 33.4 Å². The maximum atomic E-state index is 6.44. The highest BCUT2D eigenvalue weighted by molar-refractivity contribution is 6.31. The van der Waals surface area contributed by atoms with Crippen molar-refractivity contribution in [2.24, 2.45) is 0 Å². The van der Waals surface area contributed by atoms with Crippen LogP contribution in [0.2, 0.25) is 15.1 Å². The number of hydrogen-bond donors (Lipinski definition) is 1. The maximum absolute atomic E-state index is 6.44. The molecule has 0 radical (unpaired) electrons. The molecule has 0 bridgehead atoms. The molecule has 6 heteroatoms. The van der Waals surface area contributed by atoms with E-state index in [9.17, 15) is 0 Å². The molecule has 0 aromatic heterocycles. The van der Waals surface area contributed by atoms with Gasteiger partial charge in [0.1, 0.15) is 6.61 Å². The average Bonchev–Trinajstić information content (AvgIpc) is 2.68. The molecule has 1 N–H and O–H groups in total. The standard InChI is InChI=1S/C21H18Cl3NO2/c1-26-20-10-15(12-25-18-8-6-17(23)7-9-18)19(24)11-21(20)27-13-14-2-4-16(22)5-3-14/h2-11,25H,12-13H2,1H3. The predicted molar refractivity (Wildman–Crippen MR) is 113 cm³/mol. The van der Waals surface area contributed by atoms with Gasteiger partial charge in [-0.2, -0.15) is 0 Å². The third-order valence-electron chi connectivity index (χ3n) is 3.97. The molecule has 0 aliphatic rings. The zero-order valence-corrected chi connectivity index (χ0v) is 16.9. The van der Waals surface area contributed by atoms with Gasteiger partial charge in [0.2, 0.25) is 0 Å². The Bertz CT molecular complexity index is 897. The molecule has 0 unspecified atom stereocenters. The Morgan fingerprint density at radius 2 is 1.44 bits per heavy atom. The first-order chi connectivity index (χ1) is 13.0. The number of benzene rings is 3. The molecule has 0 spiro atoms. The summed E-state index contributed by atoms with van der Waals surface area (Å²) in [7, 11) is 1.61. The predicted octanol–water partition coefficient (Wildman–Crippen LogP) is 6.85. The van der Waals surface area contributed by atoms with E-state index in [1.165, 1.54) is 0 Å². The minimum absolute atomic E-state index is 0.395. The molecule has 3 rings (SSSR count). The third-order valence-corrected chi connectivity index (χ3v) is 4.82. The van der Waals surface area contributed by atoms with Crippen molar-refractivity contribution in [1.29, 1.82) is 0 Å². The van der Waals surface area contributed by atoms with E-state index in [1.807, 2.05) is 54.6 Å². The van der Waals surface area contributed by atoms with Gasteiger partial charge in [-0.3, -0.25) is 0 Å². The van der Waals surface area contributed by atoms with Crippen LogP contribution in [0.5, 0.6) is 11.5 Å². The van der Waals surface area contributed by atoms with Crippen LogP contribution in [-0.4, -0.2) is 7.11 Å². The summed E-state index contributed by atoms with van der Waals surface area (Å²) in [6, 6.07) is 18.6. The largest absolute Gasteiger partial charge is 0.493 e. The van der Waals surface area contributed by atoms with E-state index in [4.69, 9.17) is 44.3 Å². The summed E-state index contributed by atoms with van der Waals surface area (Å²) >= 11 is 18.3. The first kappa shape index (κ1) is 19.7. The van der Waals surface area contributed by atoms with Crippen LogP contribution in [0.25, 0.3) is 0 Å². The molecule has 0 saturated carbocycles. The van der Waals surface area contributed by atoms with Crippen LogP contribution in [0, 0.1) is 0 Å². The summed E-state index contributed by atoms with van der Waals surface area (Å²) in [5, 5.41) is 5.30. The molecule has 3 aromatic rings.